The van der Waals surface area contributed by atoms with Gasteiger partial charge in [0, 0.05) is 25.6 Å². The first-order valence-electron chi connectivity index (χ1n) is 10.8. The van der Waals surface area contributed by atoms with Crippen LogP contribution in [-0.4, -0.2) is 52.0 Å². The van der Waals surface area contributed by atoms with Crippen molar-refractivity contribution in [2.45, 2.75) is 45.1 Å². The molecular formula is C22H28N4O4. The lowest BCUT2D eigenvalue weighted by Crippen LogP contribution is -2.44. The number of methoxy groups -OCH3 is 1. The smallest absolute Gasteiger partial charge is 0.308 e. The van der Waals surface area contributed by atoms with Crippen LogP contribution in [0.25, 0.3) is 10.9 Å². The summed E-state index contributed by atoms with van der Waals surface area (Å²) in [5.41, 5.74) is 0.510. The monoisotopic (exact) mass is 412 g/mol. The molecule has 8 heteroatoms. The summed E-state index contributed by atoms with van der Waals surface area (Å²) >= 11 is 0. The van der Waals surface area contributed by atoms with Gasteiger partial charge in [0.1, 0.15) is 5.52 Å². The van der Waals surface area contributed by atoms with E-state index >= 15 is 0 Å². The van der Waals surface area contributed by atoms with Crippen molar-refractivity contribution in [3.05, 3.63) is 34.6 Å². The summed E-state index contributed by atoms with van der Waals surface area (Å²) in [6.07, 6.45) is 4.81. The number of carbonyl (C=O) groups excluding carboxylic acids is 2. The van der Waals surface area contributed by atoms with Gasteiger partial charge in [0.25, 0.3) is 5.56 Å². The first-order chi connectivity index (χ1) is 14.6. The molecule has 0 atom stereocenters. The predicted octanol–water partition coefficient (Wildman–Crippen LogP) is 2.01. The van der Waals surface area contributed by atoms with Gasteiger partial charge in [-0.25, -0.2) is 4.68 Å². The Hall–Kier alpha value is -2.77. The Labute approximate surface area is 175 Å². The largest absolute Gasteiger partial charge is 0.469 e. The lowest BCUT2D eigenvalue weighted by Gasteiger charge is -2.35. The van der Waals surface area contributed by atoms with Crippen LogP contribution in [-0.2, 0) is 20.9 Å². The summed E-state index contributed by atoms with van der Waals surface area (Å²) in [4.78, 5) is 39.1. The highest BCUT2D eigenvalue weighted by Gasteiger charge is 2.33. The first kappa shape index (κ1) is 20.5. The first-order valence-corrected chi connectivity index (χ1v) is 10.8. The Morgan fingerprint density at radius 3 is 2.43 bits per heavy atom. The summed E-state index contributed by atoms with van der Waals surface area (Å²) in [6.45, 7) is 1.79. The maximum atomic E-state index is 12.9. The van der Waals surface area contributed by atoms with E-state index in [0.717, 1.165) is 25.7 Å². The van der Waals surface area contributed by atoms with Crippen LogP contribution < -0.4 is 5.56 Å². The second-order valence-corrected chi connectivity index (χ2v) is 8.43. The molecule has 4 rings (SSSR count). The van der Waals surface area contributed by atoms with E-state index in [2.05, 4.69) is 10.3 Å². The second-order valence-electron chi connectivity index (χ2n) is 8.43. The minimum absolute atomic E-state index is 0.0373. The molecule has 2 fully saturated rings. The van der Waals surface area contributed by atoms with Crippen LogP contribution >= 0.6 is 0 Å². The third-order valence-corrected chi connectivity index (χ3v) is 6.60. The van der Waals surface area contributed by atoms with Gasteiger partial charge in [-0.2, -0.15) is 0 Å². The Bertz CT molecular complexity index is 973. The van der Waals surface area contributed by atoms with Crippen molar-refractivity contribution < 1.29 is 14.3 Å². The molecule has 30 heavy (non-hydrogen) atoms. The molecule has 1 aromatic carbocycles. The summed E-state index contributed by atoms with van der Waals surface area (Å²) < 4.78 is 6.28. The number of hydrogen-bond acceptors (Lipinski definition) is 6. The molecule has 1 aromatic heterocycles. The molecule has 1 aliphatic carbocycles. The number of piperidine rings is 1. The van der Waals surface area contributed by atoms with Gasteiger partial charge in [-0.1, -0.05) is 17.3 Å². The van der Waals surface area contributed by atoms with Crippen molar-refractivity contribution in [2.75, 3.05) is 20.2 Å². The van der Waals surface area contributed by atoms with Gasteiger partial charge in [0.15, 0.2) is 0 Å². The third-order valence-electron chi connectivity index (χ3n) is 6.60. The van der Waals surface area contributed by atoms with Gasteiger partial charge < -0.3 is 9.64 Å². The van der Waals surface area contributed by atoms with E-state index in [4.69, 9.17) is 4.74 Å². The summed E-state index contributed by atoms with van der Waals surface area (Å²) in [6, 6.07) is 7.25. The molecule has 1 saturated carbocycles. The number of amides is 1. The zero-order chi connectivity index (χ0) is 21.1. The molecule has 0 unspecified atom stereocenters. The van der Waals surface area contributed by atoms with Crippen molar-refractivity contribution >= 4 is 22.8 Å². The number of rotatable bonds is 4. The molecular weight excluding hydrogens is 384 g/mol. The van der Waals surface area contributed by atoms with Gasteiger partial charge in [-0.3, -0.25) is 14.4 Å². The highest BCUT2D eigenvalue weighted by atomic mass is 16.5. The quantitative estimate of drug-likeness (QED) is 0.713. The average molecular weight is 412 g/mol. The fraction of sp³-hybridized carbons (Fsp3) is 0.591. The molecule has 0 radical (unpaired) electrons. The Morgan fingerprint density at radius 2 is 1.73 bits per heavy atom. The van der Waals surface area contributed by atoms with E-state index in [0.29, 0.717) is 49.3 Å². The third kappa shape index (κ3) is 4.22. The minimum atomic E-state index is -0.172. The van der Waals surface area contributed by atoms with Gasteiger partial charge in [0.2, 0.25) is 5.91 Å². The van der Waals surface area contributed by atoms with E-state index in [1.54, 1.807) is 12.1 Å². The normalized spacial score (nSPS) is 22.8. The van der Waals surface area contributed by atoms with Crippen LogP contribution in [0.2, 0.25) is 0 Å². The lowest BCUT2D eigenvalue weighted by molar-refractivity contribution is -0.149. The standard InChI is InChI=1S/C22H28N4O4/c1-30-22(29)17-10-12-25(13-11-17)20(27)16-8-6-15(7-9-16)14-26-21(28)18-4-2-3-5-19(18)23-24-26/h2-5,15-17H,6-14H2,1H3. The van der Waals surface area contributed by atoms with Crippen LogP contribution in [0.1, 0.15) is 38.5 Å². The van der Waals surface area contributed by atoms with Crippen molar-refractivity contribution in [1.29, 1.82) is 0 Å². The molecule has 0 spiro atoms. The van der Waals surface area contributed by atoms with Crippen molar-refractivity contribution in [2.24, 2.45) is 17.8 Å². The van der Waals surface area contributed by atoms with Crippen LogP contribution in [0.5, 0.6) is 0 Å². The number of aromatic nitrogens is 3. The van der Waals surface area contributed by atoms with Crippen molar-refractivity contribution in [1.82, 2.24) is 19.9 Å². The average Bonchev–Trinajstić information content (AvgIpc) is 2.80. The molecule has 0 N–H and O–H groups in total. The van der Waals surface area contributed by atoms with Gasteiger partial charge in [-0.05, 0) is 56.6 Å². The molecule has 8 nitrogen and oxygen atoms in total. The van der Waals surface area contributed by atoms with E-state index < -0.39 is 0 Å². The molecule has 2 aromatic rings. The highest BCUT2D eigenvalue weighted by Crippen LogP contribution is 2.32. The topological polar surface area (TPSA) is 94.4 Å². The van der Waals surface area contributed by atoms with Crippen LogP contribution in [0, 0.1) is 17.8 Å². The number of likely N-dealkylation sites (tertiary alicyclic amines) is 1. The lowest BCUT2D eigenvalue weighted by atomic mass is 9.81. The molecule has 2 heterocycles. The maximum absolute atomic E-state index is 12.9. The van der Waals surface area contributed by atoms with Crippen LogP contribution in [0.4, 0.5) is 0 Å². The molecule has 1 aliphatic heterocycles. The second kappa shape index (κ2) is 8.93. The zero-order valence-corrected chi connectivity index (χ0v) is 17.3. The highest BCUT2D eigenvalue weighted by molar-refractivity contribution is 5.79. The fourth-order valence-electron chi connectivity index (χ4n) is 4.74. The number of hydrogen-bond donors (Lipinski definition) is 0. The van der Waals surface area contributed by atoms with Crippen molar-refractivity contribution in [3.63, 3.8) is 0 Å². The summed E-state index contributed by atoms with van der Waals surface area (Å²) in [5, 5.41) is 8.84. The van der Waals surface area contributed by atoms with Gasteiger partial charge in [-0.15, -0.1) is 5.10 Å². The predicted molar refractivity (Wildman–Crippen MR) is 111 cm³/mol. The van der Waals surface area contributed by atoms with Crippen molar-refractivity contribution in [3.8, 4) is 0 Å². The number of fused-ring (bicyclic) bond motifs is 1. The van der Waals surface area contributed by atoms with E-state index in [1.807, 2.05) is 17.0 Å². The number of carbonyl (C=O) groups is 2. The Morgan fingerprint density at radius 1 is 1.03 bits per heavy atom. The van der Waals surface area contributed by atoms with E-state index in [1.165, 1.54) is 11.8 Å². The minimum Gasteiger partial charge on any atom is -0.469 e. The molecule has 160 valence electrons. The maximum Gasteiger partial charge on any atom is 0.308 e. The van der Waals surface area contributed by atoms with E-state index in [9.17, 15) is 14.4 Å². The Kier molecular flexibility index (Phi) is 6.11. The van der Waals surface area contributed by atoms with Crippen LogP contribution in [0.15, 0.2) is 29.1 Å². The molecule has 1 amide bonds. The van der Waals surface area contributed by atoms with Gasteiger partial charge >= 0.3 is 5.97 Å². The molecule has 0 bridgehead atoms. The number of nitrogens with zero attached hydrogens (tertiary/aromatic N) is 4. The summed E-state index contributed by atoms with van der Waals surface area (Å²) in [7, 11) is 1.41. The number of ether oxygens (including phenoxy) is 1. The zero-order valence-electron chi connectivity index (χ0n) is 17.3. The summed E-state index contributed by atoms with van der Waals surface area (Å²) in [5.74, 6) is 0.313. The van der Waals surface area contributed by atoms with Crippen LogP contribution in [0.3, 0.4) is 0 Å². The van der Waals surface area contributed by atoms with Gasteiger partial charge in [0.05, 0.1) is 18.4 Å². The fourth-order valence-corrected chi connectivity index (χ4v) is 4.74. The SMILES string of the molecule is COC(=O)C1CCN(C(=O)C2CCC(Cn3nnc4ccccc4c3=O)CC2)CC1. The number of esters is 1. The van der Waals surface area contributed by atoms with E-state index in [-0.39, 0.29) is 29.3 Å². The molecule has 1 saturated heterocycles. The molecule has 2 aliphatic rings. The Balaban J connectivity index is 1.30. The number of benzene rings is 1.